The Kier molecular flexibility index (Phi) is 6.19. The minimum absolute atomic E-state index is 0.0512. The zero-order chi connectivity index (χ0) is 28.6. The van der Waals surface area contributed by atoms with Gasteiger partial charge in [0.1, 0.15) is 11.1 Å². The van der Waals surface area contributed by atoms with Gasteiger partial charge in [0.2, 0.25) is 5.28 Å². The van der Waals surface area contributed by atoms with E-state index in [0.717, 1.165) is 64.6 Å². The number of aromatic nitrogens is 6. The number of benzene rings is 1. The van der Waals surface area contributed by atoms with E-state index in [-0.39, 0.29) is 18.1 Å². The van der Waals surface area contributed by atoms with Crippen molar-refractivity contribution in [2.45, 2.75) is 63.7 Å². The van der Waals surface area contributed by atoms with Crippen molar-refractivity contribution in [3.05, 3.63) is 47.1 Å². The molecule has 218 valence electrons. The second-order valence-corrected chi connectivity index (χ2v) is 12.6. The molecule has 0 spiro atoms. The van der Waals surface area contributed by atoms with Crippen LogP contribution in [-0.2, 0) is 9.47 Å². The molecule has 2 atom stereocenters. The third-order valence-electron chi connectivity index (χ3n) is 8.85. The lowest BCUT2D eigenvalue weighted by atomic mass is 9.92. The molecule has 6 heterocycles. The highest BCUT2D eigenvalue weighted by atomic mass is 35.5. The van der Waals surface area contributed by atoms with E-state index in [4.69, 9.17) is 31.2 Å². The molecule has 2 aliphatic heterocycles. The first kappa shape index (κ1) is 26.3. The number of β-amino-alcohol motifs (C(OH)–C–C–N with tert-alkyl or cyclic N) is 1. The highest BCUT2D eigenvalue weighted by molar-refractivity contribution is 6.29. The molecule has 1 aliphatic carbocycles. The van der Waals surface area contributed by atoms with Crippen LogP contribution in [0.2, 0.25) is 5.28 Å². The molecule has 1 saturated carbocycles. The van der Waals surface area contributed by atoms with E-state index < -0.39 is 5.60 Å². The summed E-state index contributed by atoms with van der Waals surface area (Å²) in [5.41, 5.74) is 7.18. The molecule has 3 aliphatic rings. The Morgan fingerprint density at radius 1 is 1.10 bits per heavy atom. The van der Waals surface area contributed by atoms with Crippen molar-refractivity contribution in [3.8, 4) is 11.3 Å². The number of nitrogens with zero attached hydrogens (tertiary/aromatic N) is 7. The first-order valence-corrected chi connectivity index (χ1v) is 15.3. The van der Waals surface area contributed by atoms with E-state index in [1.807, 2.05) is 23.5 Å². The standard InChI is InChI=1S/C31H34ClN7O3/c1-18-13-22-20(15-34-39(22)24-5-3-4-11-42-24)26(25(18)19-6-7-19)27-23-14-21-28(38(23)9-8-33-27)29(36-30(32)35-21)37-10-12-41-17-31(2,40)16-37/h8-9,13-15,19,24,40H,3-7,10-12,16-17H2,1-2H3/t24?,31-/m0/s1. The molecule has 2 saturated heterocycles. The Balaban J connectivity index is 1.37. The Bertz CT molecular complexity index is 1840. The summed E-state index contributed by atoms with van der Waals surface area (Å²) in [5.74, 6) is 1.18. The number of halogens is 1. The average Bonchev–Trinajstić information content (AvgIpc) is 3.66. The monoisotopic (exact) mass is 587 g/mol. The Labute approximate surface area is 248 Å². The van der Waals surface area contributed by atoms with Crippen molar-refractivity contribution in [2.24, 2.45) is 0 Å². The van der Waals surface area contributed by atoms with Gasteiger partial charge in [0.15, 0.2) is 12.0 Å². The second-order valence-electron chi connectivity index (χ2n) is 12.3. The van der Waals surface area contributed by atoms with Crippen molar-refractivity contribution >= 4 is 44.9 Å². The molecule has 10 nitrogen and oxygen atoms in total. The first-order valence-electron chi connectivity index (χ1n) is 14.9. The lowest BCUT2D eigenvalue weighted by Crippen LogP contribution is -2.42. The summed E-state index contributed by atoms with van der Waals surface area (Å²) in [6.45, 7) is 6.45. The molecule has 11 heteroatoms. The minimum atomic E-state index is -1.02. The number of rotatable bonds is 4. The zero-order valence-corrected chi connectivity index (χ0v) is 24.6. The molecule has 0 amide bonds. The fourth-order valence-electron chi connectivity index (χ4n) is 6.89. The number of aliphatic hydroxyl groups is 1. The Morgan fingerprint density at radius 2 is 1.98 bits per heavy atom. The molecular weight excluding hydrogens is 554 g/mol. The molecular formula is C31H34ClN7O3. The predicted molar refractivity (Wildman–Crippen MR) is 161 cm³/mol. The van der Waals surface area contributed by atoms with E-state index in [1.54, 1.807) is 6.92 Å². The minimum Gasteiger partial charge on any atom is -0.386 e. The summed E-state index contributed by atoms with van der Waals surface area (Å²) in [7, 11) is 0. The third kappa shape index (κ3) is 4.35. The van der Waals surface area contributed by atoms with E-state index in [2.05, 4.69) is 38.1 Å². The molecule has 5 aromatic rings. The summed E-state index contributed by atoms with van der Waals surface area (Å²) >= 11 is 6.50. The van der Waals surface area contributed by atoms with E-state index in [0.29, 0.717) is 31.4 Å². The number of hydrogen-bond acceptors (Lipinski definition) is 8. The summed E-state index contributed by atoms with van der Waals surface area (Å²) < 4.78 is 16.0. The van der Waals surface area contributed by atoms with Crippen LogP contribution in [-0.4, -0.2) is 72.8 Å². The molecule has 8 rings (SSSR count). The quantitative estimate of drug-likeness (QED) is 0.278. The molecule has 42 heavy (non-hydrogen) atoms. The first-order chi connectivity index (χ1) is 20.4. The van der Waals surface area contributed by atoms with Gasteiger partial charge in [-0.3, -0.25) is 4.98 Å². The maximum absolute atomic E-state index is 10.9. The van der Waals surface area contributed by atoms with Crippen molar-refractivity contribution in [1.29, 1.82) is 0 Å². The van der Waals surface area contributed by atoms with Gasteiger partial charge in [0, 0.05) is 36.5 Å². The van der Waals surface area contributed by atoms with E-state index >= 15 is 0 Å². The van der Waals surface area contributed by atoms with E-state index in [1.165, 1.54) is 24.0 Å². The van der Waals surface area contributed by atoms with Crippen LogP contribution in [0, 0.1) is 6.92 Å². The van der Waals surface area contributed by atoms with Crippen molar-refractivity contribution in [2.75, 3.05) is 37.8 Å². The lowest BCUT2D eigenvalue weighted by Gasteiger charge is -2.28. The fraction of sp³-hybridized carbons (Fsp3) is 0.484. The molecule has 0 bridgehead atoms. The van der Waals surface area contributed by atoms with Crippen LogP contribution in [0.1, 0.15) is 62.3 Å². The van der Waals surface area contributed by atoms with Crippen LogP contribution in [0.25, 0.3) is 38.7 Å². The number of fused-ring (bicyclic) bond motifs is 4. The lowest BCUT2D eigenvalue weighted by molar-refractivity contribution is -0.0366. The van der Waals surface area contributed by atoms with Crippen LogP contribution < -0.4 is 4.90 Å². The largest absolute Gasteiger partial charge is 0.386 e. The number of ether oxygens (including phenoxy) is 2. The van der Waals surface area contributed by atoms with Crippen molar-refractivity contribution in [3.63, 3.8) is 0 Å². The van der Waals surface area contributed by atoms with Crippen LogP contribution >= 0.6 is 11.6 Å². The molecule has 3 fully saturated rings. The molecule has 1 N–H and O–H groups in total. The third-order valence-corrected chi connectivity index (χ3v) is 9.02. The topological polar surface area (TPSA) is 103 Å². The molecule has 1 unspecified atom stereocenters. The van der Waals surface area contributed by atoms with Crippen molar-refractivity contribution < 1.29 is 14.6 Å². The van der Waals surface area contributed by atoms with Gasteiger partial charge in [0.25, 0.3) is 0 Å². The summed E-state index contributed by atoms with van der Waals surface area (Å²) in [4.78, 5) is 16.4. The molecule has 0 radical (unpaired) electrons. The van der Waals surface area contributed by atoms with Gasteiger partial charge in [-0.15, -0.1) is 0 Å². The summed E-state index contributed by atoms with van der Waals surface area (Å²) in [6.07, 6.45) is 11.3. The van der Waals surface area contributed by atoms with Gasteiger partial charge in [-0.2, -0.15) is 10.1 Å². The number of aryl methyl sites for hydroxylation is 1. The van der Waals surface area contributed by atoms with Gasteiger partial charge in [-0.05, 0) is 86.7 Å². The highest BCUT2D eigenvalue weighted by Crippen LogP contribution is 2.49. The maximum atomic E-state index is 10.9. The van der Waals surface area contributed by atoms with Gasteiger partial charge < -0.3 is 23.9 Å². The molecule has 4 aromatic heterocycles. The highest BCUT2D eigenvalue weighted by Gasteiger charge is 2.33. The second kappa shape index (κ2) is 9.87. The van der Waals surface area contributed by atoms with Gasteiger partial charge in [-0.1, -0.05) is 0 Å². The number of hydrogen-bond donors (Lipinski definition) is 1. The normalized spacial score (nSPS) is 23.7. The van der Waals surface area contributed by atoms with Gasteiger partial charge in [-0.25, -0.2) is 9.67 Å². The van der Waals surface area contributed by atoms with Gasteiger partial charge in [0.05, 0.1) is 48.2 Å². The van der Waals surface area contributed by atoms with Crippen LogP contribution in [0.4, 0.5) is 5.82 Å². The summed E-state index contributed by atoms with van der Waals surface area (Å²) in [5, 5.41) is 17.0. The predicted octanol–water partition coefficient (Wildman–Crippen LogP) is 5.42. The Morgan fingerprint density at radius 3 is 2.79 bits per heavy atom. The number of anilines is 1. The summed E-state index contributed by atoms with van der Waals surface area (Å²) in [6, 6.07) is 4.34. The average molecular weight is 588 g/mol. The van der Waals surface area contributed by atoms with Crippen LogP contribution in [0.15, 0.2) is 30.7 Å². The van der Waals surface area contributed by atoms with Crippen molar-refractivity contribution in [1.82, 2.24) is 29.1 Å². The zero-order valence-electron chi connectivity index (χ0n) is 23.9. The molecule has 1 aromatic carbocycles. The van der Waals surface area contributed by atoms with E-state index in [9.17, 15) is 5.11 Å². The smallest absolute Gasteiger partial charge is 0.225 e. The fourth-order valence-corrected chi connectivity index (χ4v) is 7.06. The Hall–Kier alpha value is -3.31. The van der Waals surface area contributed by atoms with Gasteiger partial charge >= 0.3 is 0 Å². The maximum Gasteiger partial charge on any atom is 0.225 e. The van der Waals surface area contributed by atoms with Crippen LogP contribution in [0.3, 0.4) is 0 Å². The SMILES string of the molecule is Cc1cc2c(cnn2C2CCCCO2)c(-c2nccn3c2cc2nc(Cl)nc(N4CCOC[C@@](C)(O)C4)c23)c1C1CC1. The van der Waals surface area contributed by atoms with Crippen LogP contribution in [0.5, 0.6) is 0 Å².